The fourth-order valence-corrected chi connectivity index (χ4v) is 4.76. The van der Waals surface area contributed by atoms with Crippen LogP contribution in [0.2, 0.25) is 0 Å². The highest BCUT2D eigenvalue weighted by Gasteiger charge is 2.29. The van der Waals surface area contributed by atoms with Crippen LogP contribution in [0, 0.1) is 17.6 Å². The average Bonchev–Trinajstić information content (AvgIpc) is 3.56. The van der Waals surface area contributed by atoms with Crippen molar-refractivity contribution in [1.29, 1.82) is 0 Å². The van der Waals surface area contributed by atoms with E-state index in [-0.39, 0.29) is 40.0 Å². The molecule has 0 spiro atoms. The zero-order chi connectivity index (χ0) is 29.2. The summed E-state index contributed by atoms with van der Waals surface area (Å²) in [5.74, 6) is -3.57. The van der Waals surface area contributed by atoms with E-state index in [1.807, 2.05) is 0 Å². The number of nitrogens with one attached hydrogen (secondary N) is 1. The number of carbonyl (C=O) groups is 1. The summed E-state index contributed by atoms with van der Waals surface area (Å²) < 4.78 is 93.8. The van der Waals surface area contributed by atoms with Crippen LogP contribution < -0.4 is 20.5 Å². The van der Waals surface area contributed by atoms with Crippen LogP contribution in [0.1, 0.15) is 53.7 Å². The third-order valence-corrected chi connectivity index (χ3v) is 6.91. The second-order valence-electron chi connectivity index (χ2n) is 9.60. The minimum absolute atomic E-state index is 0.0243. The molecule has 40 heavy (non-hydrogen) atoms. The quantitative estimate of drug-likeness (QED) is 0.296. The monoisotopic (exact) mass is 585 g/mol. The Kier molecular flexibility index (Phi) is 8.68. The van der Waals surface area contributed by atoms with E-state index in [9.17, 15) is 30.8 Å². The Bertz CT molecular complexity index is 1490. The Labute approximate surface area is 227 Å². The molecule has 9 nitrogen and oxygen atoms in total. The third-order valence-electron chi connectivity index (χ3n) is 5.97. The predicted molar refractivity (Wildman–Crippen MR) is 136 cm³/mol. The van der Waals surface area contributed by atoms with Crippen molar-refractivity contribution >= 4 is 15.7 Å². The van der Waals surface area contributed by atoms with Gasteiger partial charge in [-0.05, 0) is 49.9 Å². The number of hydrogen-bond acceptors (Lipinski definition) is 8. The smallest absolute Gasteiger partial charge is 0.387 e. The van der Waals surface area contributed by atoms with Crippen LogP contribution in [0.25, 0.3) is 11.5 Å². The van der Waals surface area contributed by atoms with Gasteiger partial charge < -0.3 is 24.9 Å². The summed E-state index contributed by atoms with van der Waals surface area (Å²) in [5, 5.41) is 2.42. The van der Waals surface area contributed by atoms with Gasteiger partial charge in [-0.3, -0.25) is 4.79 Å². The number of nitrogens with zero attached hydrogens (tertiary/aromatic N) is 1. The van der Waals surface area contributed by atoms with Gasteiger partial charge in [-0.1, -0.05) is 6.07 Å². The highest BCUT2D eigenvalue weighted by atomic mass is 32.2. The Balaban J connectivity index is 1.67. The van der Waals surface area contributed by atoms with Gasteiger partial charge in [0.25, 0.3) is 5.91 Å². The molecule has 1 amide bonds. The standard InChI is InChI=1S/C26H27F4N3O6S/c1-13(31)23-22(24(34)32-19(12-40(2,35)36)17-7-6-16(27)10-18(17)28)33-25(39-23)15-5-8-20(38-26(29)30)21(9-15)37-11-14-3-4-14/h5-10,13-14,19,26H,3-4,11-12,31H2,1-2H3,(H,32,34)/t13-,19?/m0/s1. The van der Waals surface area contributed by atoms with Crippen molar-refractivity contribution in [2.75, 3.05) is 18.6 Å². The normalized spacial score (nSPS) is 15.1. The number of aromatic nitrogens is 1. The molecule has 0 saturated heterocycles. The molecule has 1 aliphatic rings. The third kappa shape index (κ3) is 7.50. The molecule has 2 atom stereocenters. The van der Waals surface area contributed by atoms with Gasteiger partial charge in [0.15, 0.2) is 23.0 Å². The molecule has 216 valence electrons. The van der Waals surface area contributed by atoms with Gasteiger partial charge in [-0.2, -0.15) is 8.78 Å². The fraction of sp³-hybridized carbons (Fsp3) is 0.385. The number of nitrogens with two attached hydrogens (primary N) is 1. The first kappa shape index (κ1) is 29.3. The van der Waals surface area contributed by atoms with Gasteiger partial charge in [0.1, 0.15) is 21.5 Å². The first-order chi connectivity index (χ1) is 18.8. The summed E-state index contributed by atoms with van der Waals surface area (Å²) in [6, 6.07) is 4.29. The van der Waals surface area contributed by atoms with Gasteiger partial charge >= 0.3 is 6.61 Å². The van der Waals surface area contributed by atoms with Crippen LogP contribution in [0.3, 0.4) is 0 Å². The van der Waals surface area contributed by atoms with E-state index in [0.717, 1.165) is 31.2 Å². The maximum absolute atomic E-state index is 14.5. The average molecular weight is 586 g/mol. The Hall–Kier alpha value is -3.65. The molecule has 2 aromatic carbocycles. The molecule has 1 saturated carbocycles. The van der Waals surface area contributed by atoms with Gasteiger partial charge in [0.2, 0.25) is 5.89 Å². The van der Waals surface area contributed by atoms with E-state index in [1.165, 1.54) is 25.1 Å². The summed E-state index contributed by atoms with van der Waals surface area (Å²) in [6.07, 6.45) is 2.82. The van der Waals surface area contributed by atoms with E-state index in [2.05, 4.69) is 15.0 Å². The van der Waals surface area contributed by atoms with E-state index < -0.39 is 51.8 Å². The number of benzene rings is 2. The van der Waals surface area contributed by atoms with E-state index in [0.29, 0.717) is 18.6 Å². The molecule has 0 aliphatic heterocycles. The van der Waals surface area contributed by atoms with E-state index in [4.69, 9.17) is 14.9 Å². The molecule has 3 aromatic rings. The molecular formula is C26H27F4N3O6S. The molecule has 14 heteroatoms. The van der Waals surface area contributed by atoms with Crippen molar-refractivity contribution in [3.05, 3.63) is 65.1 Å². The number of amides is 1. The molecule has 0 bridgehead atoms. The number of sulfone groups is 1. The molecule has 4 rings (SSSR count). The summed E-state index contributed by atoms with van der Waals surface area (Å²) in [7, 11) is -3.74. The predicted octanol–water partition coefficient (Wildman–Crippen LogP) is 4.55. The van der Waals surface area contributed by atoms with Gasteiger partial charge in [-0.25, -0.2) is 22.2 Å². The molecule has 1 unspecified atom stereocenters. The molecule has 1 fully saturated rings. The van der Waals surface area contributed by atoms with Crippen molar-refractivity contribution < 1.29 is 44.7 Å². The number of ether oxygens (including phenoxy) is 2. The molecule has 1 aromatic heterocycles. The molecule has 3 N–H and O–H groups in total. The summed E-state index contributed by atoms with van der Waals surface area (Å²) in [4.78, 5) is 17.5. The first-order valence-electron chi connectivity index (χ1n) is 12.2. The Morgan fingerprint density at radius 2 is 1.90 bits per heavy atom. The zero-order valence-corrected chi connectivity index (χ0v) is 22.3. The minimum Gasteiger partial charge on any atom is -0.489 e. The maximum atomic E-state index is 14.5. The van der Waals surface area contributed by atoms with Crippen LogP contribution in [0.5, 0.6) is 11.5 Å². The lowest BCUT2D eigenvalue weighted by molar-refractivity contribution is -0.0515. The first-order valence-corrected chi connectivity index (χ1v) is 14.3. The Morgan fingerprint density at radius 1 is 1.18 bits per heavy atom. The van der Waals surface area contributed by atoms with Crippen LogP contribution in [-0.4, -0.2) is 44.5 Å². The van der Waals surface area contributed by atoms with Crippen molar-refractivity contribution in [3.63, 3.8) is 0 Å². The largest absolute Gasteiger partial charge is 0.489 e. The van der Waals surface area contributed by atoms with E-state index >= 15 is 0 Å². The van der Waals surface area contributed by atoms with Gasteiger partial charge in [-0.15, -0.1) is 0 Å². The maximum Gasteiger partial charge on any atom is 0.387 e. The summed E-state index contributed by atoms with van der Waals surface area (Å²) in [6.45, 7) is -1.27. The summed E-state index contributed by atoms with van der Waals surface area (Å²) in [5.41, 5.74) is 5.68. The molecule has 0 radical (unpaired) electrons. The number of carbonyl (C=O) groups excluding carboxylic acids is 1. The van der Waals surface area contributed by atoms with E-state index in [1.54, 1.807) is 0 Å². The van der Waals surface area contributed by atoms with Crippen LogP contribution in [-0.2, 0) is 9.84 Å². The minimum atomic E-state index is -3.74. The Morgan fingerprint density at radius 3 is 2.50 bits per heavy atom. The topological polar surface area (TPSA) is 134 Å². The lowest BCUT2D eigenvalue weighted by Gasteiger charge is -2.19. The van der Waals surface area contributed by atoms with Crippen molar-refractivity contribution in [2.24, 2.45) is 11.7 Å². The summed E-state index contributed by atoms with van der Waals surface area (Å²) >= 11 is 0. The second kappa shape index (κ2) is 11.8. The lowest BCUT2D eigenvalue weighted by atomic mass is 10.1. The number of rotatable bonds is 12. The van der Waals surface area contributed by atoms with Crippen molar-refractivity contribution in [1.82, 2.24) is 10.3 Å². The number of hydrogen-bond donors (Lipinski definition) is 2. The number of halogens is 4. The lowest BCUT2D eigenvalue weighted by Crippen LogP contribution is -2.34. The zero-order valence-electron chi connectivity index (χ0n) is 21.5. The second-order valence-corrected chi connectivity index (χ2v) is 11.8. The van der Waals surface area contributed by atoms with Crippen LogP contribution in [0.4, 0.5) is 17.6 Å². The van der Waals surface area contributed by atoms with Gasteiger partial charge in [0.05, 0.1) is 24.4 Å². The molecule has 1 aliphatic carbocycles. The van der Waals surface area contributed by atoms with Crippen LogP contribution >= 0.6 is 0 Å². The van der Waals surface area contributed by atoms with Crippen molar-refractivity contribution in [3.8, 4) is 23.0 Å². The number of alkyl halides is 2. The molecule has 1 heterocycles. The number of oxazole rings is 1. The SMILES string of the molecule is C[C@H](N)c1oc(-c2ccc(OC(F)F)c(OCC3CC3)c2)nc1C(=O)NC(CS(C)(=O)=O)c1ccc(F)cc1F. The van der Waals surface area contributed by atoms with Crippen molar-refractivity contribution in [2.45, 2.75) is 38.5 Å². The van der Waals surface area contributed by atoms with Gasteiger partial charge in [0, 0.05) is 23.4 Å². The fourth-order valence-electron chi connectivity index (χ4n) is 3.89. The highest BCUT2D eigenvalue weighted by molar-refractivity contribution is 7.90. The molecular weight excluding hydrogens is 558 g/mol. The van der Waals surface area contributed by atoms with Crippen LogP contribution in [0.15, 0.2) is 40.8 Å². The highest BCUT2D eigenvalue weighted by Crippen LogP contribution is 2.37.